The summed E-state index contributed by atoms with van der Waals surface area (Å²) in [5.41, 5.74) is 4.12. The first kappa shape index (κ1) is 18.7. The average Bonchev–Trinajstić information content (AvgIpc) is 2.94. The van der Waals surface area contributed by atoms with Gasteiger partial charge in [0.15, 0.2) is 6.29 Å². The second kappa shape index (κ2) is 7.51. The monoisotopic (exact) mass is 343 g/mol. The second-order valence-corrected chi connectivity index (χ2v) is 7.06. The van der Waals surface area contributed by atoms with Gasteiger partial charge in [0.1, 0.15) is 5.60 Å². The van der Waals surface area contributed by atoms with Crippen molar-refractivity contribution in [2.24, 2.45) is 0 Å². The normalized spacial score (nSPS) is 11.2. The number of benzene rings is 1. The lowest BCUT2D eigenvalue weighted by Crippen LogP contribution is -2.34. The van der Waals surface area contributed by atoms with Crippen LogP contribution in [-0.4, -0.2) is 34.3 Å². The summed E-state index contributed by atoms with van der Waals surface area (Å²) in [5.74, 6) is 0. The number of aldehydes is 1. The summed E-state index contributed by atoms with van der Waals surface area (Å²) in [6.07, 6.45) is 4.16. The molecule has 1 aromatic carbocycles. The minimum absolute atomic E-state index is 0.429. The van der Waals surface area contributed by atoms with Crippen molar-refractivity contribution < 1.29 is 14.3 Å². The topological polar surface area (TPSA) is 73.2 Å². The van der Waals surface area contributed by atoms with E-state index in [1.807, 2.05) is 52.9 Å². The lowest BCUT2D eigenvalue weighted by molar-refractivity contribution is 0.0525. The summed E-state index contributed by atoms with van der Waals surface area (Å²) >= 11 is 0. The van der Waals surface area contributed by atoms with Crippen molar-refractivity contribution in [3.63, 3.8) is 0 Å². The van der Waals surface area contributed by atoms with E-state index in [4.69, 9.17) is 4.74 Å². The summed E-state index contributed by atoms with van der Waals surface area (Å²) in [6, 6.07) is 3.97. The van der Waals surface area contributed by atoms with Gasteiger partial charge in [0.2, 0.25) is 0 Å². The van der Waals surface area contributed by atoms with E-state index in [-0.39, 0.29) is 0 Å². The minimum Gasteiger partial charge on any atom is -0.444 e. The third kappa shape index (κ3) is 5.17. The van der Waals surface area contributed by atoms with Gasteiger partial charge in [-0.2, -0.15) is 5.10 Å². The highest BCUT2D eigenvalue weighted by atomic mass is 16.6. The lowest BCUT2D eigenvalue weighted by Gasteiger charge is -2.19. The van der Waals surface area contributed by atoms with Crippen LogP contribution in [0.4, 0.5) is 4.79 Å². The molecule has 1 amide bonds. The quantitative estimate of drug-likeness (QED) is 0.843. The third-order valence-electron chi connectivity index (χ3n) is 3.69. The number of hydrogen-bond donors (Lipinski definition) is 1. The third-order valence-corrected chi connectivity index (χ3v) is 3.69. The standard InChI is InChI=1S/C19H25N3O3/c1-13-8-15(9-14(2)17(13)12-23)16-10-21-22(11-16)7-6-20-18(24)25-19(3,4)5/h8-12H,6-7H2,1-5H3,(H,20,24). The van der Waals surface area contributed by atoms with Gasteiger partial charge in [-0.1, -0.05) is 12.1 Å². The number of aryl methyl sites for hydroxylation is 2. The molecule has 1 aromatic heterocycles. The summed E-state index contributed by atoms with van der Waals surface area (Å²) in [7, 11) is 0. The van der Waals surface area contributed by atoms with Crippen molar-refractivity contribution in [2.75, 3.05) is 6.54 Å². The summed E-state index contributed by atoms with van der Waals surface area (Å²) < 4.78 is 6.96. The van der Waals surface area contributed by atoms with Gasteiger partial charge in [-0.25, -0.2) is 4.79 Å². The van der Waals surface area contributed by atoms with Gasteiger partial charge in [-0.15, -0.1) is 0 Å². The van der Waals surface area contributed by atoms with Crippen molar-refractivity contribution in [1.82, 2.24) is 15.1 Å². The maximum absolute atomic E-state index is 11.6. The largest absolute Gasteiger partial charge is 0.444 e. The molecule has 0 fully saturated rings. The molecule has 1 heterocycles. The highest BCUT2D eigenvalue weighted by Gasteiger charge is 2.15. The highest BCUT2D eigenvalue weighted by molar-refractivity contribution is 5.82. The fourth-order valence-electron chi connectivity index (χ4n) is 2.55. The van der Waals surface area contributed by atoms with Crippen molar-refractivity contribution in [3.05, 3.63) is 41.2 Å². The molecular formula is C19H25N3O3. The van der Waals surface area contributed by atoms with E-state index in [2.05, 4.69) is 10.4 Å². The molecule has 0 saturated carbocycles. The Morgan fingerprint density at radius 1 is 1.24 bits per heavy atom. The average molecular weight is 343 g/mol. The molecule has 0 radical (unpaired) electrons. The van der Waals surface area contributed by atoms with Crippen LogP contribution in [0.2, 0.25) is 0 Å². The molecule has 1 N–H and O–H groups in total. The van der Waals surface area contributed by atoms with Gasteiger partial charge >= 0.3 is 6.09 Å². The van der Waals surface area contributed by atoms with Crippen LogP contribution >= 0.6 is 0 Å². The summed E-state index contributed by atoms with van der Waals surface area (Å²) in [6.45, 7) is 10.3. The molecule has 0 unspecified atom stereocenters. The van der Waals surface area contributed by atoms with Crippen LogP contribution in [0.15, 0.2) is 24.5 Å². The fraction of sp³-hybridized carbons (Fsp3) is 0.421. The van der Waals surface area contributed by atoms with E-state index < -0.39 is 11.7 Å². The Kier molecular flexibility index (Phi) is 5.62. The van der Waals surface area contributed by atoms with E-state index in [1.54, 1.807) is 10.9 Å². The number of nitrogens with one attached hydrogen (secondary N) is 1. The molecule has 0 aliphatic carbocycles. The van der Waals surface area contributed by atoms with Crippen LogP contribution in [-0.2, 0) is 11.3 Å². The van der Waals surface area contributed by atoms with Crippen LogP contribution in [0.1, 0.15) is 42.3 Å². The molecule has 134 valence electrons. The van der Waals surface area contributed by atoms with Gasteiger partial charge < -0.3 is 10.1 Å². The van der Waals surface area contributed by atoms with E-state index in [0.29, 0.717) is 13.1 Å². The zero-order valence-electron chi connectivity index (χ0n) is 15.4. The Labute approximate surface area is 148 Å². The number of aromatic nitrogens is 2. The smallest absolute Gasteiger partial charge is 0.407 e. The molecule has 0 spiro atoms. The number of rotatable bonds is 5. The number of carbonyl (C=O) groups excluding carboxylic acids is 2. The molecule has 25 heavy (non-hydrogen) atoms. The van der Waals surface area contributed by atoms with Crippen LogP contribution in [0.25, 0.3) is 11.1 Å². The van der Waals surface area contributed by atoms with Crippen LogP contribution < -0.4 is 5.32 Å². The predicted octanol–water partition coefficient (Wildman–Crippen LogP) is 3.50. The van der Waals surface area contributed by atoms with E-state index in [9.17, 15) is 9.59 Å². The van der Waals surface area contributed by atoms with Crippen LogP contribution in [0, 0.1) is 13.8 Å². The number of alkyl carbamates (subject to hydrolysis) is 1. The molecule has 0 bridgehead atoms. The first-order valence-corrected chi connectivity index (χ1v) is 8.25. The zero-order chi connectivity index (χ0) is 18.6. The van der Waals surface area contributed by atoms with Gasteiger partial charge in [-0.3, -0.25) is 9.48 Å². The highest BCUT2D eigenvalue weighted by Crippen LogP contribution is 2.24. The van der Waals surface area contributed by atoms with E-state index >= 15 is 0 Å². The Morgan fingerprint density at radius 3 is 2.44 bits per heavy atom. The Bertz CT molecular complexity index is 749. The Hall–Kier alpha value is -2.63. The molecule has 2 aromatic rings. The predicted molar refractivity (Wildman–Crippen MR) is 96.8 cm³/mol. The Balaban J connectivity index is 1.99. The minimum atomic E-state index is -0.508. The number of hydrogen-bond acceptors (Lipinski definition) is 4. The number of nitrogens with zero attached hydrogens (tertiary/aromatic N) is 2. The molecule has 0 saturated heterocycles. The SMILES string of the molecule is Cc1cc(-c2cnn(CCNC(=O)OC(C)(C)C)c2)cc(C)c1C=O. The van der Waals surface area contributed by atoms with Gasteiger partial charge in [0.05, 0.1) is 12.7 Å². The van der Waals surface area contributed by atoms with Gasteiger partial charge in [0, 0.05) is 23.9 Å². The van der Waals surface area contributed by atoms with Gasteiger partial charge in [0.25, 0.3) is 0 Å². The number of carbonyl (C=O) groups is 2. The van der Waals surface area contributed by atoms with Crippen molar-refractivity contribution >= 4 is 12.4 Å². The van der Waals surface area contributed by atoms with Crippen molar-refractivity contribution in [2.45, 2.75) is 46.8 Å². The van der Waals surface area contributed by atoms with E-state index in [0.717, 1.165) is 34.1 Å². The first-order chi connectivity index (χ1) is 11.7. The second-order valence-electron chi connectivity index (χ2n) is 7.06. The molecule has 0 atom stereocenters. The number of amides is 1. The van der Waals surface area contributed by atoms with Crippen molar-refractivity contribution in [1.29, 1.82) is 0 Å². The lowest BCUT2D eigenvalue weighted by atomic mass is 9.98. The fourth-order valence-corrected chi connectivity index (χ4v) is 2.55. The van der Waals surface area contributed by atoms with Crippen LogP contribution in [0.5, 0.6) is 0 Å². The molecule has 0 aliphatic heterocycles. The van der Waals surface area contributed by atoms with E-state index in [1.165, 1.54) is 0 Å². The molecule has 0 aliphatic rings. The zero-order valence-corrected chi connectivity index (χ0v) is 15.4. The Morgan fingerprint density at radius 2 is 1.88 bits per heavy atom. The first-order valence-electron chi connectivity index (χ1n) is 8.25. The van der Waals surface area contributed by atoms with Crippen LogP contribution in [0.3, 0.4) is 0 Å². The maximum atomic E-state index is 11.6. The molecule has 2 rings (SSSR count). The van der Waals surface area contributed by atoms with Gasteiger partial charge in [-0.05, 0) is 51.3 Å². The number of ether oxygens (including phenoxy) is 1. The maximum Gasteiger partial charge on any atom is 0.407 e. The molecule has 6 nitrogen and oxygen atoms in total. The summed E-state index contributed by atoms with van der Waals surface area (Å²) in [4.78, 5) is 22.7. The molecular weight excluding hydrogens is 318 g/mol. The molecule has 6 heteroatoms. The van der Waals surface area contributed by atoms with Crippen molar-refractivity contribution in [3.8, 4) is 11.1 Å². The summed E-state index contributed by atoms with van der Waals surface area (Å²) in [5, 5.41) is 7.03.